The second-order valence-electron chi connectivity index (χ2n) is 6.98. The molecule has 0 aliphatic carbocycles. The smallest absolute Gasteiger partial charge is 0.159 e. The molecule has 0 radical (unpaired) electrons. The van der Waals surface area contributed by atoms with Crippen LogP contribution in [0.15, 0.2) is 102 Å². The first kappa shape index (κ1) is 19.7. The van der Waals surface area contributed by atoms with Crippen molar-refractivity contribution in [2.24, 2.45) is 4.99 Å². The highest BCUT2D eigenvalue weighted by Gasteiger charge is 2.10. The van der Waals surface area contributed by atoms with Crippen LogP contribution in [0.25, 0.3) is 22.6 Å². The van der Waals surface area contributed by atoms with Crippen LogP contribution in [0.2, 0.25) is 0 Å². The van der Waals surface area contributed by atoms with Gasteiger partial charge in [0, 0.05) is 35.5 Å². The third-order valence-corrected chi connectivity index (χ3v) is 4.85. The summed E-state index contributed by atoms with van der Waals surface area (Å²) in [6, 6.07) is 29.7. The van der Waals surface area contributed by atoms with Gasteiger partial charge in [-0.2, -0.15) is 0 Å². The minimum Gasteiger partial charge on any atom is -0.386 e. The van der Waals surface area contributed by atoms with Crippen LogP contribution in [-0.4, -0.2) is 27.8 Å². The fourth-order valence-electron chi connectivity index (χ4n) is 3.25. The molecule has 4 aromatic rings. The molecule has 1 aromatic heterocycles. The van der Waals surface area contributed by atoms with Gasteiger partial charge < -0.3 is 5.11 Å². The maximum Gasteiger partial charge on any atom is 0.159 e. The predicted molar refractivity (Wildman–Crippen MR) is 121 cm³/mol. The highest BCUT2D eigenvalue weighted by atomic mass is 16.3. The van der Waals surface area contributed by atoms with Crippen LogP contribution in [0.3, 0.4) is 0 Å². The SMILES string of the molecule is OC(CN=CCc1cnc(-c2ccccc2)nc1-c1ccccc1)c1ccccc1. The van der Waals surface area contributed by atoms with Crippen LogP contribution in [-0.2, 0) is 6.42 Å². The first-order valence-electron chi connectivity index (χ1n) is 9.99. The molecule has 4 nitrogen and oxygen atoms in total. The summed E-state index contributed by atoms with van der Waals surface area (Å²) >= 11 is 0. The van der Waals surface area contributed by atoms with Crippen LogP contribution in [0, 0.1) is 0 Å². The van der Waals surface area contributed by atoms with Crippen molar-refractivity contribution in [1.82, 2.24) is 9.97 Å². The van der Waals surface area contributed by atoms with E-state index < -0.39 is 6.10 Å². The first-order chi connectivity index (χ1) is 14.8. The van der Waals surface area contributed by atoms with E-state index in [2.05, 4.69) is 22.1 Å². The van der Waals surface area contributed by atoms with Crippen molar-refractivity contribution in [3.8, 4) is 22.6 Å². The average molecular weight is 393 g/mol. The fraction of sp³-hybridized carbons (Fsp3) is 0.115. The van der Waals surface area contributed by atoms with Crippen molar-refractivity contribution >= 4 is 6.21 Å². The van der Waals surface area contributed by atoms with Crippen molar-refractivity contribution < 1.29 is 5.11 Å². The zero-order valence-corrected chi connectivity index (χ0v) is 16.6. The van der Waals surface area contributed by atoms with Crippen molar-refractivity contribution in [3.63, 3.8) is 0 Å². The van der Waals surface area contributed by atoms with E-state index in [1.54, 1.807) is 0 Å². The summed E-state index contributed by atoms with van der Waals surface area (Å²) < 4.78 is 0. The first-order valence-corrected chi connectivity index (χ1v) is 9.99. The Balaban J connectivity index is 1.55. The number of benzene rings is 3. The van der Waals surface area contributed by atoms with E-state index in [1.165, 1.54) is 0 Å². The van der Waals surface area contributed by atoms with Gasteiger partial charge in [0.1, 0.15) is 0 Å². The summed E-state index contributed by atoms with van der Waals surface area (Å²) in [4.78, 5) is 13.9. The maximum atomic E-state index is 10.3. The zero-order valence-electron chi connectivity index (χ0n) is 16.6. The Morgan fingerprint density at radius 2 is 1.40 bits per heavy atom. The summed E-state index contributed by atoms with van der Waals surface area (Å²) in [6.07, 6.45) is 3.70. The molecule has 30 heavy (non-hydrogen) atoms. The minimum absolute atomic E-state index is 0.327. The van der Waals surface area contributed by atoms with Crippen molar-refractivity contribution in [1.29, 1.82) is 0 Å². The van der Waals surface area contributed by atoms with Gasteiger partial charge in [-0.1, -0.05) is 91.0 Å². The van der Waals surface area contributed by atoms with Crippen LogP contribution in [0.1, 0.15) is 17.2 Å². The maximum absolute atomic E-state index is 10.3. The van der Waals surface area contributed by atoms with Gasteiger partial charge in [0.2, 0.25) is 0 Å². The van der Waals surface area contributed by atoms with E-state index in [4.69, 9.17) is 4.98 Å². The Morgan fingerprint density at radius 3 is 2.07 bits per heavy atom. The lowest BCUT2D eigenvalue weighted by molar-refractivity contribution is 0.187. The molecule has 1 unspecified atom stereocenters. The molecule has 4 heteroatoms. The van der Waals surface area contributed by atoms with Crippen LogP contribution in [0.4, 0.5) is 0 Å². The summed E-state index contributed by atoms with van der Waals surface area (Å²) in [5, 5.41) is 10.3. The number of aromatic nitrogens is 2. The van der Waals surface area contributed by atoms with Gasteiger partial charge in [-0.05, 0) is 5.56 Å². The zero-order chi connectivity index (χ0) is 20.6. The van der Waals surface area contributed by atoms with Gasteiger partial charge in [-0.3, -0.25) is 4.99 Å². The van der Waals surface area contributed by atoms with E-state index in [1.807, 2.05) is 91.3 Å². The van der Waals surface area contributed by atoms with Gasteiger partial charge in [0.15, 0.2) is 5.82 Å². The number of aliphatic hydroxyl groups excluding tert-OH is 1. The van der Waals surface area contributed by atoms with E-state index in [-0.39, 0.29) is 0 Å². The lowest BCUT2D eigenvalue weighted by Crippen LogP contribution is -2.03. The molecule has 0 fully saturated rings. The predicted octanol–water partition coefficient (Wildman–Crippen LogP) is 5.16. The summed E-state index contributed by atoms with van der Waals surface area (Å²) in [5.74, 6) is 0.703. The molecular weight excluding hydrogens is 370 g/mol. The third kappa shape index (κ3) is 4.85. The number of nitrogens with zero attached hydrogens (tertiary/aromatic N) is 3. The molecule has 1 N–H and O–H groups in total. The van der Waals surface area contributed by atoms with Gasteiger partial charge in [-0.25, -0.2) is 9.97 Å². The molecular formula is C26H23N3O. The molecule has 0 saturated carbocycles. The van der Waals surface area contributed by atoms with E-state index in [0.29, 0.717) is 18.8 Å². The highest BCUT2D eigenvalue weighted by molar-refractivity contribution is 5.71. The molecule has 0 aliphatic heterocycles. The van der Waals surface area contributed by atoms with Crippen LogP contribution in [0.5, 0.6) is 0 Å². The number of hydrogen-bond donors (Lipinski definition) is 1. The molecule has 1 heterocycles. The van der Waals surface area contributed by atoms with Crippen molar-refractivity contribution in [3.05, 3.63) is 108 Å². The van der Waals surface area contributed by atoms with E-state index in [0.717, 1.165) is 27.9 Å². The fourth-order valence-corrected chi connectivity index (χ4v) is 3.25. The highest BCUT2D eigenvalue weighted by Crippen LogP contribution is 2.24. The third-order valence-electron chi connectivity index (χ3n) is 4.85. The standard InChI is InChI=1S/C26H23N3O/c30-24(20-10-4-1-5-11-20)19-27-17-16-23-18-28-26(22-14-8-3-9-15-22)29-25(23)21-12-6-2-7-13-21/h1-15,17-18,24,30H,16,19H2. The summed E-state index contributed by atoms with van der Waals surface area (Å²) in [6.45, 7) is 0.327. The van der Waals surface area contributed by atoms with Gasteiger partial charge in [-0.15, -0.1) is 0 Å². The molecule has 4 rings (SSSR count). The molecule has 0 spiro atoms. The lowest BCUT2D eigenvalue weighted by Gasteiger charge is -2.10. The Morgan fingerprint density at radius 1 is 0.800 bits per heavy atom. The van der Waals surface area contributed by atoms with Crippen molar-refractivity contribution in [2.75, 3.05) is 6.54 Å². The Labute approximate surface area is 176 Å². The quantitative estimate of drug-likeness (QED) is 0.441. The van der Waals surface area contributed by atoms with Crippen molar-refractivity contribution in [2.45, 2.75) is 12.5 Å². The second kappa shape index (κ2) is 9.72. The molecule has 148 valence electrons. The molecule has 0 bridgehead atoms. The molecule has 0 saturated heterocycles. The van der Waals surface area contributed by atoms with E-state index >= 15 is 0 Å². The largest absolute Gasteiger partial charge is 0.386 e. The van der Waals surface area contributed by atoms with Gasteiger partial charge >= 0.3 is 0 Å². The topological polar surface area (TPSA) is 58.4 Å². The number of aliphatic imine (C=N–C) groups is 1. The summed E-state index contributed by atoms with van der Waals surface area (Å²) in [5.41, 5.74) is 4.80. The van der Waals surface area contributed by atoms with Crippen LogP contribution < -0.4 is 0 Å². The monoisotopic (exact) mass is 393 g/mol. The average Bonchev–Trinajstić information content (AvgIpc) is 2.83. The minimum atomic E-state index is -0.604. The number of hydrogen-bond acceptors (Lipinski definition) is 4. The summed E-state index contributed by atoms with van der Waals surface area (Å²) in [7, 11) is 0. The number of aliphatic hydroxyl groups is 1. The number of rotatable bonds is 7. The molecule has 1 atom stereocenters. The van der Waals surface area contributed by atoms with Gasteiger partial charge in [0.25, 0.3) is 0 Å². The Bertz CT molecular complexity index is 1100. The Hall–Kier alpha value is -3.63. The normalized spacial score (nSPS) is 12.2. The van der Waals surface area contributed by atoms with Gasteiger partial charge in [0.05, 0.1) is 18.3 Å². The second-order valence-corrected chi connectivity index (χ2v) is 6.98. The molecule has 3 aromatic carbocycles. The molecule has 0 aliphatic rings. The lowest BCUT2D eigenvalue weighted by atomic mass is 10.0. The Kier molecular flexibility index (Phi) is 6.38. The molecule has 0 amide bonds. The van der Waals surface area contributed by atoms with Crippen LogP contribution >= 0.6 is 0 Å². The van der Waals surface area contributed by atoms with E-state index in [9.17, 15) is 5.11 Å².